The van der Waals surface area contributed by atoms with Crippen LogP contribution in [-0.4, -0.2) is 19.5 Å². The van der Waals surface area contributed by atoms with E-state index in [0.717, 1.165) is 10.1 Å². The lowest BCUT2D eigenvalue weighted by Crippen LogP contribution is -2.31. The first-order chi connectivity index (χ1) is 11.6. The van der Waals surface area contributed by atoms with E-state index in [-0.39, 0.29) is 16.9 Å². The van der Waals surface area contributed by atoms with Crippen LogP contribution in [0.4, 0.5) is 0 Å². The van der Waals surface area contributed by atoms with E-state index in [2.05, 4.69) is 15.0 Å². The number of rotatable bonds is 3. The van der Waals surface area contributed by atoms with Gasteiger partial charge in [-0.3, -0.25) is 19.1 Å². The first-order valence-corrected chi connectivity index (χ1v) is 7.19. The number of hydrogen-bond donors (Lipinski definition) is 2. The van der Waals surface area contributed by atoms with Crippen molar-refractivity contribution < 1.29 is 0 Å². The van der Waals surface area contributed by atoms with Crippen molar-refractivity contribution in [3.8, 4) is 0 Å². The zero-order valence-electron chi connectivity index (χ0n) is 12.8. The molecule has 7 nitrogen and oxygen atoms in total. The van der Waals surface area contributed by atoms with Crippen molar-refractivity contribution in [1.82, 2.24) is 19.5 Å². The Labute approximate surface area is 135 Å². The first-order valence-electron chi connectivity index (χ1n) is 7.19. The minimum absolute atomic E-state index is 0.00314. The first kappa shape index (κ1) is 15.4. The van der Waals surface area contributed by atoms with Crippen LogP contribution in [0.3, 0.4) is 0 Å². The third kappa shape index (κ3) is 3.00. The number of H-pyrrole nitrogens is 2. The van der Waals surface area contributed by atoms with Crippen molar-refractivity contribution in [2.75, 3.05) is 0 Å². The minimum Gasteiger partial charge on any atom is -0.305 e. The Morgan fingerprint density at radius 3 is 2.42 bits per heavy atom. The highest BCUT2D eigenvalue weighted by Crippen LogP contribution is 2.02. The number of aromatic amines is 2. The summed E-state index contributed by atoms with van der Waals surface area (Å²) in [4.78, 5) is 44.1. The zero-order valence-corrected chi connectivity index (χ0v) is 12.8. The summed E-state index contributed by atoms with van der Waals surface area (Å²) in [7, 11) is 1.44. The Kier molecular flexibility index (Phi) is 4.07. The fourth-order valence-electron chi connectivity index (χ4n) is 2.19. The predicted molar refractivity (Wildman–Crippen MR) is 92.7 cm³/mol. The summed E-state index contributed by atoms with van der Waals surface area (Å²) in [6.45, 7) is 0. The molecule has 0 saturated heterocycles. The number of fused-ring (bicyclic) bond motifs is 1. The maximum absolute atomic E-state index is 12.1. The predicted octanol–water partition coefficient (Wildman–Crippen LogP) is 1.04. The van der Waals surface area contributed by atoms with Gasteiger partial charge in [-0.05, 0) is 11.6 Å². The average molecular weight is 322 g/mol. The van der Waals surface area contributed by atoms with Crippen LogP contribution in [-0.2, 0) is 7.05 Å². The highest BCUT2D eigenvalue weighted by Gasteiger charge is 2.09. The molecule has 0 spiro atoms. The normalized spacial score (nSPS) is 11.7. The van der Waals surface area contributed by atoms with Crippen LogP contribution in [0.25, 0.3) is 23.3 Å². The molecule has 0 radical (unpaired) electrons. The quantitative estimate of drug-likeness (QED) is 0.703. The summed E-state index contributed by atoms with van der Waals surface area (Å²) in [5, 5.41) is 0. The molecule has 2 N–H and O–H groups in total. The van der Waals surface area contributed by atoms with Crippen molar-refractivity contribution in [2.45, 2.75) is 0 Å². The lowest BCUT2D eigenvalue weighted by atomic mass is 10.2. The van der Waals surface area contributed by atoms with Crippen LogP contribution in [0.5, 0.6) is 0 Å². The van der Waals surface area contributed by atoms with Crippen LogP contribution in [0.2, 0.25) is 0 Å². The van der Waals surface area contributed by atoms with Gasteiger partial charge in [0.05, 0.1) is 0 Å². The van der Waals surface area contributed by atoms with Crippen LogP contribution < -0.4 is 16.8 Å². The molecule has 0 fully saturated rings. The molecule has 0 unspecified atom stereocenters. The molecule has 7 heteroatoms. The monoisotopic (exact) mass is 322 g/mol. The maximum Gasteiger partial charge on any atom is 0.329 e. The Balaban J connectivity index is 1.99. The summed E-state index contributed by atoms with van der Waals surface area (Å²) in [6, 6.07) is 9.68. The second-order valence-corrected chi connectivity index (χ2v) is 5.10. The van der Waals surface area contributed by atoms with Gasteiger partial charge in [0.25, 0.3) is 11.1 Å². The molecule has 0 saturated carbocycles. The number of nitrogens with one attached hydrogen (secondary N) is 2. The summed E-state index contributed by atoms with van der Waals surface area (Å²) >= 11 is 0. The SMILES string of the molecule is Cn1c(=O)[nH]c(=O)c2nc(/C=C/C=C/c3ccccc3)c(=O)[nH]c21. The lowest BCUT2D eigenvalue weighted by molar-refractivity contribution is 0.820. The average Bonchev–Trinajstić information content (AvgIpc) is 2.58. The molecular formula is C17H14N4O3. The summed E-state index contributed by atoms with van der Waals surface area (Å²) in [5.74, 6) is 0. The highest BCUT2D eigenvalue weighted by molar-refractivity contribution is 5.70. The van der Waals surface area contributed by atoms with E-state index < -0.39 is 16.8 Å². The number of allylic oxidation sites excluding steroid dienone is 2. The van der Waals surface area contributed by atoms with E-state index >= 15 is 0 Å². The maximum atomic E-state index is 12.1. The number of aromatic nitrogens is 4. The van der Waals surface area contributed by atoms with Gasteiger partial charge in [-0.1, -0.05) is 48.6 Å². The summed E-state index contributed by atoms with van der Waals surface area (Å²) < 4.78 is 1.13. The third-order valence-corrected chi connectivity index (χ3v) is 3.45. The van der Waals surface area contributed by atoms with Gasteiger partial charge in [-0.2, -0.15) is 0 Å². The minimum atomic E-state index is -0.640. The number of hydrogen-bond acceptors (Lipinski definition) is 4. The van der Waals surface area contributed by atoms with Gasteiger partial charge in [0, 0.05) is 7.05 Å². The molecule has 120 valence electrons. The van der Waals surface area contributed by atoms with Gasteiger partial charge in [-0.25, -0.2) is 9.78 Å². The van der Waals surface area contributed by atoms with E-state index in [4.69, 9.17) is 0 Å². The molecule has 1 aromatic carbocycles. The third-order valence-electron chi connectivity index (χ3n) is 3.45. The smallest absolute Gasteiger partial charge is 0.305 e. The molecule has 0 aliphatic heterocycles. The lowest BCUT2D eigenvalue weighted by Gasteiger charge is -2.02. The van der Waals surface area contributed by atoms with Crippen LogP contribution in [0.15, 0.2) is 56.9 Å². The van der Waals surface area contributed by atoms with Crippen molar-refractivity contribution in [1.29, 1.82) is 0 Å². The second kappa shape index (κ2) is 6.33. The Morgan fingerprint density at radius 2 is 1.67 bits per heavy atom. The Bertz CT molecular complexity index is 1120. The van der Waals surface area contributed by atoms with Gasteiger partial charge in [0.2, 0.25) is 0 Å². The largest absolute Gasteiger partial charge is 0.329 e. The number of aryl methyl sites for hydroxylation is 1. The molecule has 24 heavy (non-hydrogen) atoms. The van der Waals surface area contributed by atoms with Gasteiger partial charge in [0.15, 0.2) is 5.52 Å². The van der Waals surface area contributed by atoms with Gasteiger partial charge < -0.3 is 4.98 Å². The Hall–Kier alpha value is -3.48. The molecule has 3 rings (SSSR count). The van der Waals surface area contributed by atoms with E-state index in [0.29, 0.717) is 0 Å². The van der Waals surface area contributed by atoms with Crippen LogP contribution in [0.1, 0.15) is 11.3 Å². The van der Waals surface area contributed by atoms with Crippen LogP contribution >= 0.6 is 0 Å². The zero-order chi connectivity index (χ0) is 17.1. The molecule has 2 aromatic heterocycles. The van der Waals surface area contributed by atoms with E-state index in [9.17, 15) is 14.4 Å². The molecular weight excluding hydrogens is 308 g/mol. The van der Waals surface area contributed by atoms with Gasteiger partial charge >= 0.3 is 5.69 Å². The van der Waals surface area contributed by atoms with Gasteiger partial charge in [0.1, 0.15) is 11.3 Å². The van der Waals surface area contributed by atoms with Crippen molar-refractivity contribution in [3.63, 3.8) is 0 Å². The van der Waals surface area contributed by atoms with Gasteiger partial charge in [-0.15, -0.1) is 0 Å². The van der Waals surface area contributed by atoms with Crippen molar-refractivity contribution >= 4 is 23.3 Å². The van der Waals surface area contributed by atoms with Crippen LogP contribution in [0, 0.1) is 0 Å². The molecule has 0 amide bonds. The molecule has 3 aromatic rings. The van der Waals surface area contributed by atoms with E-state index in [1.54, 1.807) is 12.2 Å². The van der Waals surface area contributed by atoms with E-state index in [1.807, 2.05) is 36.4 Å². The molecule has 0 aliphatic carbocycles. The molecule has 0 atom stereocenters. The standard InChI is InChI=1S/C17H14N4O3/c1-21-14-13(16(23)20-17(21)24)18-12(15(22)19-14)10-6-5-9-11-7-3-2-4-8-11/h2-10H,1H3,(H,19,22)(H,20,23,24)/b9-5+,10-6+. The molecule has 0 bridgehead atoms. The number of benzene rings is 1. The van der Waals surface area contributed by atoms with Crippen molar-refractivity contribution in [2.24, 2.45) is 7.05 Å². The fourth-order valence-corrected chi connectivity index (χ4v) is 2.19. The highest BCUT2D eigenvalue weighted by atomic mass is 16.2. The fraction of sp³-hybridized carbons (Fsp3) is 0.0588. The summed E-state index contributed by atoms with van der Waals surface area (Å²) in [5.41, 5.74) is -0.530. The topological polar surface area (TPSA) is 101 Å². The Morgan fingerprint density at radius 1 is 0.958 bits per heavy atom. The van der Waals surface area contributed by atoms with Crippen molar-refractivity contribution in [3.05, 3.63) is 84.9 Å². The molecule has 0 aliphatic rings. The second-order valence-electron chi connectivity index (χ2n) is 5.10. The number of nitrogens with zero attached hydrogens (tertiary/aromatic N) is 2. The molecule has 2 heterocycles. The summed E-state index contributed by atoms with van der Waals surface area (Å²) in [6.07, 6.45) is 6.81. The van der Waals surface area contributed by atoms with E-state index in [1.165, 1.54) is 13.1 Å².